The van der Waals surface area contributed by atoms with Crippen LogP contribution in [0.5, 0.6) is 0 Å². The minimum absolute atomic E-state index is 0.138. The van der Waals surface area contributed by atoms with Gasteiger partial charge in [0.1, 0.15) is 12.1 Å². The zero-order valence-corrected chi connectivity index (χ0v) is 11.5. The summed E-state index contributed by atoms with van der Waals surface area (Å²) >= 11 is 0. The largest absolute Gasteiger partial charge is 0.433 e. The Hall–Kier alpha value is -2.72. The SMILES string of the molecule is Cc1nc(CN(C)c2cc(C(F)(F)F)nc3ncnn23)no1. The van der Waals surface area contributed by atoms with Gasteiger partial charge in [0.05, 0.1) is 6.54 Å². The molecule has 0 fully saturated rings. The van der Waals surface area contributed by atoms with Gasteiger partial charge in [0.25, 0.3) is 5.78 Å². The van der Waals surface area contributed by atoms with Crippen molar-refractivity contribution in [2.75, 3.05) is 11.9 Å². The molecule has 0 aliphatic carbocycles. The molecule has 0 saturated carbocycles. The molecule has 0 atom stereocenters. The van der Waals surface area contributed by atoms with Crippen molar-refractivity contribution in [1.82, 2.24) is 29.7 Å². The molecule has 0 aromatic carbocycles. The molecule has 0 unspecified atom stereocenters. The predicted octanol–water partition coefficient (Wildman–Crippen LogP) is 1.47. The first kappa shape index (κ1) is 14.2. The third kappa shape index (κ3) is 2.56. The Morgan fingerprint density at radius 1 is 1.32 bits per heavy atom. The zero-order valence-electron chi connectivity index (χ0n) is 11.5. The number of anilines is 1. The zero-order chi connectivity index (χ0) is 15.9. The van der Waals surface area contributed by atoms with E-state index >= 15 is 0 Å². The van der Waals surface area contributed by atoms with Crippen LogP contribution in [0.4, 0.5) is 19.0 Å². The highest BCUT2D eigenvalue weighted by atomic mass is 19.4. The van der Waals surface area contributed by atoms with E-state index in [1.165, 1.54) is 9.42 Å². The van der Waals surface area contributed by atoms with Crippen molar-refractivity contribution >= 4 is 11.6 Å². The number of aryl methyl sites for hydroxylation is 1. The molecule has 3 heterocycles. The molecule has 3 rings (SSSR count). The van der Waals surface area contributed by atoms with E-state index < -0.39 is 11.9 Å². The van der Waals surface area contributed by atoms with E-state index in [9.17, 15) is 13.2 Å². The second kappa shape index (κ2) is 4.93. The molecule has 22 heavy (non-hydrogen) atoms. The van der Waals surface area contributed by atoms with Gasteiger partial charge in [-0.1, -0.05) is 5.16 Å². The molecule has 0 saturated heterocycles. The second-order valence-corrected chi connectivity index (χ2v) is 4.55. The van der Waals surface area contributed by atoms with Gasteiger partial charge >= 0.3 is 6.18 Å². The Labute approximate surface area is 121 Å². The van der Waals surface area contributed by atoms with Crippen LogP contribution in [0.2, 0.25) is 0 Å². The third-order valence-corrected chi connectivity index (χ3v) is 2.86. The Bertz CT molecular complexity index is 809. The number of halogens is 3. The fourth-order valence-electron chi connectivity index (χ4n) is 1.91. The molecule has 116 valence electrons. The maximum Gasteiger partial charge on any atom is 0.433 e. The molecule has 3 aromatic heterocycles. The highest BCUT2D eigenvalue weighted by Gasteiger charge is 2.34. The first-order chi connectivity index (χ1) is 10.3. The molecule has 3 aromatic rings. The number of hydrogen-bond donors (Lipinski definition) is 0. The number of alkyl halides is 3. The van der Waals surface area contributed by atoms with Crippen molar-refractivity contribution in [1.29, 1.82) is 0 Å². The van der Waals surface area contributed by atoms with Gasteiger partial charge in [-0.05, 0) is 0 Å². The average Bonchev–Trinajstić information content (AvgIpc) is 3.05. The number of fused-ring (bicyclic) bond motifs is 1. The van der Waals surface area contributed by atoms with Crippen molar-refractivity contribution in [3.63, 3.8) is 0 Å². The van der Waals surface area contributed by atoms with E-state index in [4.69, 9.17) is 4.52 Å². The smallest absolute Gasteiger partial charge is 0.352 e. The van der Waals surface area contributed by atoms with Crippen LogP contribution in [-0.2, 0) is 12.7 Å². The van der Waals surface area contributed by atoms with E-state index in [1.54, 1.807) is 14.0 Å². The number of rotatable bonds is 3. The molecule has 0 aliphatic rings. The molecule has 0 amide bonds. The summed E-state index contributed by atoms with van der Waals surface area (Å²) in [5, 5.41) is 7.59. The van der Waals surface area contributed by atoms with Crippen LogP contribution < -0.4 is 4.90 Å². The summed E-state index contributed by atoms with van der Waals surface area (Å²) in [5.41, 5.74) is -1.04. The van der Waals surface area contributed by atoms with Gasteiger partial charge < -0.3 is 9.42 Å². The van der Waals surface area contributed by atoms with Crippen molar-refractivity contribution in [2.45, 2.75) is 19.6 Å². The van der Waals surface area contributed by atoms with Gasteiger partial charge in [-0.2, -0.15) is 32.8 Å². The Balaban J connectivity index is 2.02. The van der Waals surface area contributed by atoms with E-state index in [2.05, 4.69) is 25.2 Å². The second-order valence-electron chi connectivity index (χ2n) is 4.55. The highest BCUT2D eigenvalue weighted by Crippen LogP contribution is 2.30. The maximum absolute atomic E-state index is 12.9. The lowest BCUT2D eigenvalue weighted by Crippen LogP contribution is -2.22. The minimum Gasteiger partial charge on any atom is -0.352 e. The maximum atomic E-state index is 12.9. The fourth-order valence-corrected chi connectivity index (χ4v) is 1.91. The standard InChI is InChI=1S/C11H10F3N7O/c1-6-17-8(19-22-6)4-20(2)9-3-7(11(12,13)14)18-10-15-5-16-21(9)10/h3,5H,4H2,1-2H3. The van der Waals surface area contributed by atoms with Crippen LogP contribution in [0.15, 0.2) is 16.9 Å². The van der Waals surface area contributed by atoms with Gasteiger partial charge in [0.15, 0.2) is 11.5 Å². The van der Waals surface area contributed by atoms with Crippen LogP contribution in [0.1, 0.15) is 17.4 Å². The predicted molar refractivity (Wildman–Crippen MR) is 66.9 cm³/mol. The monoisotopic (exact) mass is 313 g/mol. The van der Waals surface area contributed by atoms with Crippen LogP contribution in [-0.4, -0.2) is 36.8 Å². The molecular formula is C11H10F3N7O. The van der Waals surface area contributed by atoms with Gasteiger partial charge in [-0.3, -0.25) is 0 Å². The quantitative estimate of drug-likeness (QED) is 0.723. The Morgan fingerprint density at radius 3 is 2.73 bits per heavy atom. The Kier molecular flexibility index (Phi) is 3.19. The van der Waals surface area contributed by atoms with Crippen LogP contribution in [0.3, 0.4) is 0 Å². The first-order valence-electron chi connectivity index (χ1n) is 6.13. The fraction of sp³-hybridized carbons (Fsp3) is 0.364. The van der Waals surface area contributed by atoms with E-state index in [-0.39, 0.29) is 18.1 Å². The third-order valence-electron chi connectivity index (χ3n) is 2.86. The van der Waals surface area contributed by atoms with Gasteiger partial charge in [0, 0.05) is 20.0 Å². The van der Waals surface area contributed by atoms with Crippen molar-refractivity contribution in [3.8, 4) is 0 Å². The number of hydrogen-bond acceptors (Lipinski definition) is 7. The summed E-state index contributed by atoms with van der Waals surface area (Å²) in [6.45, 7) is 1.77. The van der Waals surface area contributed by atoms with Crippen molar-refractivity contribution in [2.24, 2.45) is 0 Å². The molecule has 0 radical (unpaired) electrons. The lowest BCUT2D eigenvalue weighted by molar-refractivity contribution is -0.141. The summed E-state index contributed by atoms with van der Waals surface area (Å²) < 4.78 is 44.8. The van der Waals surface area contributed by atoms with E-state index in [0.29, 0.717) is 11.7 Å². The van der Waals surface area contributed by atoms with Crippen LogP contribution >= 0.6 is 0 Å². The lowest BCUT2D eigenvalue weighted by Gasteiger charge is -2.19. The average molecular weight is 313 g/mol. The van der Waals surface area contributed by atoms with Gasteiger partial charge in [-0.15, -0.1) is 0 Å². The summed E-state index contributed by atoms with van der Waals surface area (Å²) in [6, 6.07) is 0.897. The summed E-state index contributed by atoms with van der Waals surface area (Å²) in [6.07, 6.45) is -3.44. The summed E-state index contributed by atoms with van der Waals surface area (Å²) in [7, 11) is 1.59. The van der Waals surface area contributed by atoms with Gasteiger partial charge in [0.2, 0.25) is 5.89 Å². The normalized spacial score (nSPS) is 12.0. The minimum atomic E-state index is -4.58. The van der Waals surface area contributed by atoms with E-state index in [0.717, 1.165) is 12.4 Å². The number of nitrogens with zero attached hydrogens (tertiary/aromatic N) is 7. The van der Waals surface area contributed by atoms with Crippen LogP contribution in [0, 0.1) is 6.92 Å². The molecule has 0 aliphatic heterocycles. The van der Waals surface area contributed by atoms with E-state index in [1.807, 2.05) is 0 Å². The van der Waals surface area contributed by atoms with Crippen molar-refractivity contribution in [3.05, 3.63) is 29.8 Å². The molecular weight excluding hydrogens is 303 g/mol. The van der Waals surface area contributed by atoms with Gasteiger partial charge in [-0.25, -0.2) is 4.98 Å². The number of aromatic nitrogens is 6. The van der Waals surface area contributed by atoms with Crippen LogP contribution in [0.25, 0.3) is 5.78 Å². The molecule has 0 N–H and O–H groups in total. The molecule has 8 nitrogen and oxygen atoms in total. The Morgan fingerprint density at radius 2 is 2.09 bits per heavy atom. The highest BCUT2D eigenvalue weighted by molar-refractivity contribution is 5.47. The molecule has 11 heteroatoms. The molecule has 0 spiro atoms. The topological polar surface area (TPSA) is 85.2 Å². The summed E-state index contributed by atoms with van der Waals surface area (Å²) in [4.78, 5) is 12.7. The van der Waals surface area contributed by atoms with Crippen molar-refractivity contribution < 1.29 is 17.7 Å². The lowest BCUT2D eigenvalue weighted by atomic mass is 10.3. The summed E-state index contributed by atoms with van der Waals surface area (Å²) in [5.74, 6) is 0.747. The molecule has 0 bridgehead atoms. The first-order valence-corrected chi connectivity index (χ1v) is 6.13.